The van der Waals surface area contributed by atoms with Crippen LogP contribution >= 0.6 is 15.9 Å². The van der Waals surface area contributed by atoms with Crippen LogP contribution in [0.25, 0.3) is 0 Å². The van der Waals surface area contributed by atoms with E-state index < -0.39 is 0 Å². The predicted molar refractivity (Wildman–Crippen MR) is 62.9 cm³/mol. The van der Waals surface area contributed by atoms with Gasteiger partial charge in [-0.3, -0.25) is 9.69 Å². The summed E-state index contributed by atoms with van der Waals surface area (Å²) in [5.41, 5.74) is 1.16. The Labute approximate surface area is 97.6 Å². The van der Waals surface area contributed by atoms with Crippen LogP contribution in [-0.4, -0.2) is 17.4 Å². The summed E-state index contributed by atoms with van der Waals surface area (Å²) in [6.45, 7) is 2.68. The Morgan fingerprint density at radius 1 is 1.67 bits per heavy atom. The highest BCUT2D eigenvalue weighted by atomic mass is 79.9. The van der Waals surface area contributed by atoms with Crippen molar-refractivity contribution in [3.05, 3.63) is 22.3 Å². The molecule has 80 valence electrons. The standard InChI is InChI=1S/C11H13BrN2O/c1-2-10(15)14-5-3-4-8-6-9(12)7-13-11(8)14/h6-7H,2-5H2,1H3. The quantitative estimate of drug-likeness (QED) is 0.785. The van der Waals surface area contributed by atoms with Crippen molar-refractivity contribution in [1.82, 2.24) is 4.98 Å². The first-order valence-electron chi connectivity index (χ1n) is 5.17. The molecule has 2 rings (SSSR count). The molecule has 4 heteroatoms. The molecule has 1 aromatic rings. The lowest BCUT2D eigenvalue weighted by atomic mass is 10.1. The fraction of sp³-hybridized carbons (Fsp3) is 0.455. The molecule has 0 unspecified atom stereocenters. The molecule has 0 saturated carbocycles. The molecule has 0 bridgehead atoms. The summed E-state index contributed by atoms with van der Waals surface area (Å²) < 4.78 is 0.979. The van der Waals surface area contributed by atoms with Crippen LogP contribution in [0.15, 0.2) is 16.7 Å². The summed E-state index contributed by atoms with van der Waals surface area (Å²) in [6.07, 6.45) is 4.32. The summed E-state index contributed by atoms with van der Waals surface area (Å²) in [5.74, 6) is 1.00. The molecular weight excluding hydrogens is 256 g/mol. The van der Waals surface area contributed by atoms with E-state index in [4.69, 9.17) is 0 Å². The summed E-state index contributed by atoms with van der Waals surface area (Å²) >= 11 is 3.40. The Morgan fingerprint density at radius 2 is 2.47 bits per heavy atom. The molecule has 1 amide bonds. The van der Waals surface area contributed by atoms with Crippen LogP contribution in [-0.2, 0) is 11.2 Å². The third-order valence-corrected chi connectivity index (χ3v) is 3.03. The van der Waals surface area contributed by atoms with Gasteiger partial charge in [0.1, 0.15) is 5.82 Å². The van der Waals surface area contributed by atoms with Gasteiger partial charge in [0, 0.05) is 23.6 Å². The van der Waals surface area contributed by atoms with Crippen molar-refractivity contribution in [2.24, 2.45) is 0 Å². The first-order valence-corrected chi connectivity index (χ1v) is 5.96. The maximum Gasteiger partial charge on any atom is 0.227 e. The summed E-state index contributed by atoms with van der Waals surface area (Å²) in [7, 11) is 0. The lowest BCUT2D eigenvalue weighted by Crippen LogP contribution is -2.35. The molecule has 0 atom stereocenters. The van der Waals surface area contributed by atoms with Crippen LogP contribution in [0.5, 0.6) is 0 Å². The Balaban J connectivity index is 2.38. The number of hydrogen-bond donors (Lipinski definition) is 0. The highest BCUT2D eigenvalue weighted by Crippen LogP contribution is 2.27. The SMILES string of the molecule is CCC(=O)N1CCCc2cc(Br)cnc21. The molecule has 0 fully saturated rings. The van der Waals surface area contributed by atoms with E-state index in [9.17, 15) is 4.79 Å². The number of carbonyl (C=O) groups is 1. The molecule has 2 heterocycles. The molecule has 1 aromatic heterocycles. The van der Waals surface area contributed by atoms with Crippen LogP contribution in [0.3, 0.4) is 0 Å². The molecule has 1 aliphatic rings. The number of anilines is 1. The van der Waals surface area contributed by atoms with Gasteiger partial charge in [0.05, 0.1) is 0 Å². The van der Waals surface area contributed by atoms with E-state index in [1.807, 2.05) is 6.92 Å². The van der Waals surface area contributed by atoms with Gasteiger partial charge in [-0.25, -0.2) is 4.98 Å². The van der Waals surface area contributed by atoms with Gasteiger partial charge in [0.15, 0.2) is 0 Å². The highest BCUT2D eigenvalue weighted by Gasteiger charge is 2.22. The van der Waals surface area contributed by atoms with E-state index in [0.29, 0.717) is 6.42 Å². The van der Waals surface area contributed by atoms with Gasteiger partial charge in [0.25, 0.3) is 0 Å². The Kier molecular flexibility index (Phi) is 3.05. The van der Waals surface area contributed by atoms with Crippen molar-refractivity contribution in [3.8, 4) is 0 Å². The Morgan fingerprint density at radius 3 is 3.20 bits per heavy atom. The van der Waals surface area contributed by atoms with Crippen LogP contribution < -0.4 is 4.90 Å². The zero-order valence-electron chi connectivity index (χ0n) is 8.66. The second-order valence-corrected chi connectivity index (χ2v) is 4.55. The first kappa shape index (κ1) is 10.6. The van der Waals surface area contributed by atoms with E-state index in [1.54, 1.807) is 11.1 Å². The molecular formula is C11H13BrN2O. The number of halogens is 1. The van der Waals surface area contributed by atoms with Crippen molar-refractivity contribution < 1.29 is 4.79 Å². The second kappa shape index (κ2) is 4.31. The van der Waals surface area contributed by atoms with Gasteiger partial charge >= 0.3 is 0 Å². The van der Waals surface area contributed by atoms with Crippen molar-refractivity contribution >= 4 is 27.7 Å². The van der Waals surface area contributed by atoms with Crippen molar-refractivity contribution in [2.75, 3.05) is 11.4 Å². The number of aromatic nitrogens is 1. The van der Waals surface area contributed by atoms with E-state index >= 15 is 0 Å². The molecule has 0 aromatic carbocycles. The molecule has 1 aliphatic heterocycles. The molecule has 0 N–H and O–H groups in total. The number of aryl methyl sites for hydroxylation is 1. The van der Waals surface area contributed by atoms with Gasteiger partial charge in [-0.1, -0.05) is 6.92 Å². The lowest BCUT2D eigenvalue weighted by Gasteiger charge is -2.27. The fourth-order valence-corrected chi connectivity index (χ4v) is 2.25. The van der Waals surface area contributed by atoms with Gasteiger partial charge in [-0.05, 0) is 40.4 Å². The zero-order chi connectivity index (χ0) is 10.8. The lowest BCUT2D eigenvalue weighted by molar-refractivity contribution is -0.118. The van der Waals surface area contributed by atoms with Gasteiger partial charge < -0.3 is 0 Å². The normalized spacial score (nSPS) is 14.9. The molecule has 0 aliphatic carbocycles. The zero-order valence-corrected chi connectivity index (χ0v) is 10.2. The number of amides is 1. The average molecular weight is 269 g/mol. The first-order chi connectivity index (χ1) is 7.22. The minimum Gasteiger partial charge on any atom is -0.297 e. The fourth-order valence-electron chi connectivity index (χ4n) is 1.87. The Bertz CT molecular complexity index is 392. The monoisotopic (exact) mass is 268 g/mol. The highest BCUT2D eigenvalue weighted by molar-refractivity contribution is 9.10. The average Bonchev–Trinajstić information content (AvgIpc) is 2.26. The third-order valence-electron chi connectivity index (χ3n) is 2.60. The largest absolute Gasteiger partial charge is 0.297 e. The van der Waals surface area contributed by atoms with E-state index in [-0.39, 0.29) is 5.91 Å². The molecule has 0 spiro atoms. The van der Waals surface area contributed by atoms with Crippen molar-refractivity contribution in [2.45, 2.75) is 26.2 Å². The van der Waals surface area contributed by atoms with Crippen LogP contribution in [0.4, 0.5) is 5.82 Å². The molecule has 3 nitrogen and oxygen atoms in total. The molecule has 0 radical (unpaired) electrons. The summed E-state index contributed by atoms with van der Waals surface area (Å²) in [6, 6.07) is 2.05. The number of rotatable bonds is 1. The number of nitrogens with zero attached hydrogens (tertiary/aromatic N) is 2. The summed E-state index contributed by atoms with van der Waals surface area (Å²) in [5, 5.41) is 0. The third kappa shape index (κ3) is 2.04. The van der Waals surface area contributed by atoms with Gasteiger partial charge in [-0.15, -0.1) is 0 Å². The summed E-state index contributed by atoms with van der Waals surface area (Å²) in [4.78, 5) is 17.8. The maximum atomic E-state index is 11.7. The van der Waals surface area contributed by atoms with E-state index in [2.05, 4.69) is 27.0 Å². The topological polar surface area (TPSA) is 33.2 Å². The van der Waals surface area contributed by atoms with Crippen LogP contribution in [0.2, 0.25) is 0 Å². The van der Waals surface area contributed by atoms with Crippen LogP contribution in [0.1, 0.15) is 25.3 Å². The van der Waals surface area contributed by atoms with E-state index in [0.717, 1.165) is 35.2 Å². The number of carbonyl (C=O) groups excluding carboxylic acids is 1. The molecule has 15 heavy (non-hydrogen) atoms. The maximum absolute atomic E-state index is 11.7. The van der Waals surface area contributed by atoms with Gasteiger partial charge in [-0.2, -0.15) is 0 Å². The predicted octanol–water partition coefficient (Wildman–Crippen LogP) is 2.53. The number of fused-ring (bicyclic) bond motifs is 1. The smallest absolute Gasteiger partial charge is 0.227 e. The number of hydrogen-bond acceptors (Lipinski definition) is 2. The molecule has 0 saturated heterocycles. The minimum atomic E-state index is 0.158. The second-order valence-electron chi connectivity index (χ2n) is 3.64. The van der Waals surface area contributed by atoms with Crippen molar-refractivity contribution in [1.29, 1.82) is 0 Å². The Hall–Kier alpha value is -0.900. The van der Waals surface area contributed by atoms with Crippen LogP contribution in [0, 0.1) is 0 Å². The minimum absolute atomic E-state index is 0.158. The van der Waals surface area contributed by atoms with E-state index in [1.165, 1.54) is 0 Å². The van der Waals surface area contributed by atoms with Gasteiger partial charge in [0.2, 0.25) is 5.91 Å². The van der Waals surface area contributed by atoms with Crippen molar-refractivity contribution in [3.63, 3.8) is 0 Å². The number of pyridine rings is 1.